The van der Waals surface area contributed by atoms with Crippen LogP contribution in [0.1, 0.15) is 44.9 Å². The molecule has 2 fully saturated rings. The van der Waals surface area contributed by atoms with Crippen molar-refractivity contribution in [3.63, 3.8) is 0 Å². The minimum Gasteiger partial charge on any atom is -0.340 e. The molecule has 0 aromatic carbocycles. The summed E-state index contributed by atoms with van der Waals surface area (Å²) in [7, 11) is 0. The fourth-order valence-electron chi connectivity index (χ4n) is 4.73. The van der Waals surface area contributed by atoms with Gasteiger partial charge in [0.1, 0.15) is 5.54 Å². The van der Waals surface area contributed by atoms with Crippen LogP contribution in [0.3, 0.4) is 0 Å². The van der Waals surface area contributed by atoms with Gasteiger partial charge in [0.05, 0.1) is 16.4 Å². The normalized spacial score (nSPS) is 34.8. The van der Waals surface area contributed by atoms with Crippen molar-refractivity contribution in [3.8, 4) is 12.3 Å². The van der Waals surface area contributed by atoms with E-state index in [1.54, 1.807) is 0 Å². The van der Waals surface area contributed by atoms with Crippen LogP contribution in [0.25, 0.3) is 0 Å². The third kappa shape index (κ3) is 3.06. The summed E-state index contributed by atoms with van der Waals surface area (Å²) in [6.07, 6.45) is 21.4. The maximum Gasteiger partial charge on any atom is 0.225 e. The van der Waals surface area contributed by atoms with Crippen molar-refractivity contribution in [3.05, 3.63) is 23.9 Å². The first kappa shape index (κ1) is 18.6. The van der Waals surface area contributed by atoms with Crippen molar-refractivity contribution < 1.29 is 4.79 Å². The van der Waals surface area contributed by atoms with Crippen LogP contribution in [-0.4, -0.2) is 28.2 Å². The molecule has 5 heteroatoms. The molecule has 1 N–H and O–H groups in total. The molecule has 2 aliphatic carbocycles. The fourth-order valence-corrected chi connectivity index (χ4v) is 6.55. The number of rotatable bonds is 2. The molecule has 2 heterocycles. The van der Waals surface area contributed by atoms with Crippen LogP contribution in [0.2, 0.25) is 0 Å². The lowest BCUT2D eigenvalue weighted by molar-refractivity contribution is -0.127. The van der Waals surface area contributed by atoms with Crippen LogP contribution < -0.4 is 5.32 Å². The number of amides is 1. The zero-order valence-electron chi connectivity index (χ0n) is 14.4. The Morgan fingerprint density at radius 3 is 2.92 bits per heavy atom. The molecular weight excluding hydrogens is 352 g/mol. The first-order valence-corrected chi connectivity index (χ1v) is 10.0. The van der Waals surface area contributed by atoms with Gasteiger partial charge in [-0.3, -0.25) is 9.79 Å². The Bertz CT molecular complexity index is 672. The highest BCUT2D eigenvalue weighted by Gasteiger charge is 2.55. The summed E-state index contributed by atoms with van der Waals surface area (Å²) in [6.45, 7) is 0. The van der Waals surface area contributed by atoms with Crippen LogP contribution in [-0.2, 0) is 4.79 Å². The Kier molecular flexibility index (Phi) is 5.37. The molecule has 1 saturated heterocycles. The topological polar surface area (TPSA) is 41.5 Å². The first-order chi connectivity index (χ1) is 11.7. The number of nitrogens with one attached hydrogen (secondary N) is 1. The molecule has 3 nitrogen and oxygen atoms in total. The van der Waals surface area contributed by atoms with Crippen molar-refractivity contribution in [2.75, 3.05) is 5.75 Å². The van der Waals surface area contributed by atoms with Crippen molar-refractivity contribution in [2.24, 2.45) is 16.8 Å². The number of carbonyl (C=O) groups is 1. The Morgan fingerprint density at radius 1 is 1.36 bits per heavy atom. The number of hydrogen-bond donors (Lipinski definition) is 1. The van der Waals surface area contributed by atoms with Crippen LogP contribution >= 0.6 is 24.2 Å². The van der Waals surface area contributed by atoms with E-state index >= 15 is 0 Å². The molecule has 25 heavy (non-hydrogen) atoms. The van der Waals surface area contributed by atoms with Crippen molar-refractivity contribution in [1.29, 1.82) is 0 Å². The van der Waals surface area contributed by atoms with Crippen LogP contribution in [0.5, 0.6) is 0 Å². The molecule has 3 atom stereocenters. The average Bonchev–Trinajstić information content (AvgIpc) is 3.00. The molecule has 4 rings (SSSR count). The van der Waals surface area contributed by atoms with Crippen molar-refractivity contribution in [1.82, 2.24) is 5.32 Å². The average molecular weight is 377 g/mol. The number of aliphatic imine (C=N–C) groups is 1. The second-order valence-corrected chi connectivity index (χ2v) is 8.77. The van der Waals surface area contributed by atoms with E-state index in [4.69, 9.17) is 6.42 Å². The Labute approximate surface area is 160 Å². The van der Waals surface area contributed by atoms with Gasteiger partial charge in [0.2, 0.25) is 5.91 Å². The Morgan fingerprint density at radius 2 is 2.16 bits per heavy atom. The molecule has 134 valence electrons. The van der Waals surface area contributed by atoms with Gasteiger partial charge in [0.25, 0.3) is 0 Å². The summed E-state index contributed by atoms with van der Waals surface area (Å²) >= 11 is 1.92. The lowest BCUT2D eigenvalue weighted by atomic mass is 9.73. The number of halogens is 1. The maximum absolute atomic E-state index is 13.1. The molecule has 0 aromatic heterocycles. The molecule has 2 aliphatic heterocycles. The van der Waals surface area contributed by atoms with Gasteiger partial charge in [-0.15, -0.1) is 30.6 Å². The number of thioether (sulfide) groups is 1. The number of hydrogen-bond acceptors (Lipinski definition) is 3. The van der Waals surface area contributed by atoms with Gasteiger partial charge in [-0.05, 0) is 37.7 Å². The van der Waals surface area contributed by atoms with Gasteiger partial charge in [-0.1, -0.05) is 37.3 Å². The summed E-state index contributed by atoms with van der Waals surface area (Å²) in [5.41, 5.74) is 0.731. The molecule has 4 aliphatic rings. The third-order valence-corrected chi connectivity index (χ3v) is 7.84. The predicted molar refractivity (Wildman–Crippen MR) is 107 cm³/mol. The third-order valence-electron chi connectivity index (χ3n) is 6.12. The van der Waals surface area contributed by atoms with Gasteiger partial charge >= 0.3 is 0 Å². The van der Waals surface area contributed by atoms with Crippen LogP contribution in [0, 0.1) is 24.2 Å². The second-order valence-electron chi connectivity index (χ2n) is 7.42. The fraction of sp³-hybridized carbons (Fsp3) is 0.600. The minimum atomic E-state index is -0.413. The minimum absolute atomic E-state index is 0. The summed E-state index contributed by atoms with van der Waals surface area (Å²) in [4.78, 5) is 17.7. The monoisotopic (exact) mass is 376 g/mol. The highest BCUT2D eigenvalue weighted by atomic mass is 35.5. The molecule has 0 bridgehead atoms. The van der Waals surface area contributed by atoms with E-state index in [1.165, 1.54) is 6.42 Å². The van der Waals surface area contributed by atoms with Gasteiger partial charge in [0.15, 0.2) is 0 Å². The predicted octanol–water partition coefficient (Wildman–Crippen LogP) is 3.90. The summed E-state index contributed by atoms with van der Waals surface area (Å²) in [5.74, 6) is 4.30. The Balaban J connectivity index is 0.00000182. The SMILES string of the molecule is C#CC1(NC(=O)C2CSC34CC=CC=C3N=CCC24)CCCCC1.Cl. The lowest BCUT2D eigenvalue weighted by Crippen LogP contribution is -2.52. The number of terminal acetylenes is 1. The maximum atomic E-state index is 13.1. The van der Waals surface area contributed by atoms with E-state index in [0.29, 0.717) is 5.92 Å². The summed E-state index contributed by atoms with van der Waals surface area (Å²) in [5, 5.41) is 3.28. The summed E-state index contributed by atoms with van der Waals surface area (Å²) in [6, 6.07) is 0. The smallest absolute Gasteiger partial charge is 0.225 e. The molecule has 3 unspecified atom stereocenters. The van der Waals surface area contributed by atoms with Crippen molar-refractivity contribution in [2.45, 2.75) is 55.2 Å². The number of carbonyl (C=O) groups excluding carboxylic acids is 1. The second kappa shape index (κ2) is 7.21. The lowest BCUT2D eigenvalue weighted by Gasteiger charge is -2.40. The van der Waals surface area contributed by atoms with E-state index in [9.17, 15) is 4.79 Å². The van der Waals surface area contributed by atoms with Crippen LogP contribution in [0.4, 0.5) is 0 Å². The van der Waals surface area contributed by atoms with Crippen molar-refractivity contribution >= 4 is 36.3 Å². The van der Waals surface area contributed by atoms with E-state index in [2.05, 4.69) is 34.5 Å². The van der Waals surface area contributed by atoms with Crippen LogP contribution in [0.15, 0.2) is 28.9 Å². The molecule has 1 saturated carbocycles. The molecule has 1 amide bonds. The van der Waals surface area contributed by atoms with Gasteiger partial charge in [-0.2, -0.15) is 0 Å². The standard InChI is InChI=1S/C20H24N2OS.ClH/c1-2-19(10-5-3-6-11-19)22-18(23)15-14-24-20-12-7-4-8-17(20)21-13-9-16(15)20;/h1,4,7-8,13,15-16H,3,5-6,9-12,14H2,(H,22,23);1H. The summed E-state index contributed by atoms with van der Waals surface area (Å²) < 4.78 is 0.00137. The Hall–Kier alpha value is -1.18. The highest BCUT2D eigenvalue weighted by Crippen LogP contribution is 2.57. The molecular formula is C20H25ClN2OS. The quantitative estimate of drug-likeness (QED) is 0.742. The molecule has 0 aromatic rings. The van der Waals surface area contributed by atoms with Gasteiger partial charge < -0.3 is 5.32 Å². The zero-order valence-corrected chi connectivity index (χ0v) is 16.0. The zero-order chi connectivity index (χ0) is 16.6. The van der Waals surface area contributed by atoms with E-state index < -0.39 is 5.54 Å². The van der Waals surface area contributed by atoms with E-state index in [-0.39, 0.29) is 29.0 Å². The van der Waals surface area contributed by atoms with Gasteiger partial charge in [0, 0.05) is 12.0 Å². The molecule has 0 radical (unpaired) electrons. The van der Waals surface area contributed by atoms with E-state index in [1.807, 2.05) is 18.0 Å². The number of nitrogens with zero attached hydrogens (tertiary/aromatic N) is 1. The largest absolute Gasteiger partial charge is 0.340 e. The number of allylic oxidation sites excluding steroid dienone is 3. The highest BCUT2D eigenvalue weighted by molar-refractivity contribution is 8.01. The molecule has 1 spiro atoms. The first-order valence-electron chi connectivity index (χ1n) is 9.03. The van der Waals surface area contributed by atoms with E-state index in [0.717, 1.165) is 50.0 Å². The van der Waals surface area contributed by atoms with Gasteiger partial charge in [-0.25, -0.2) is 0 Å².